The highest BCUT2D eigenvalue weighted by Gasteiger charge is 2.31. The summed E-state index contributed by atoms with van der Waals surface area (Å²) < 4.78 is 33.2. The second-order valence-corrected chi connectivity index (χ2v) is 6.27. The zero-order chi connectivity index (χ0) is 13.9. The number of hydrogen-bond acceptors (Lipinski definition) is 6. The Morgan fingerprint density at radius 3 is 2.95 bits per heavy atom. The topological polar surface area (TPSA) is 114 Å². The molecule has 108 valence electrons. The number of nitrogens with one attached hydrogen (secondary N) is 1. The number of rotatable bonds is 5. The van der Waals surface area contributed by atoms with Crippen LogP contribution in [-0.2, 0) is 16.8 Å². The van der Waals surface area contributed by atoms with Crippen LogP contribution in [0.5, 0.6) is 0 Å². The molecule has 1 saturated heterocycles. The lowest BCUT2D eigenvalue weighted by Crippen LogP contribution is -2.51. The maximum Gasteiger partial charge on any atom is 0.280 e. The highest BCUT2D eigenvalue weighted by Crippen LogP contribution is 2.19. The SMILES string of the molecule is Cc1noc(CNS(=O)(=O)N2CCCCC2CN)n1. The number of nitrogens with zero attached hydrogens (tertiary/aromatic N) is 3. The minimum absolute atomic E-state index is 0.00301. The molecule has 3 N–H and O–H groups in total. The van der Waals surface area contributed by atoms with Crippen LogP contribution < -0.4 is 10.5 Å². The molecule has 0 bridgehead atoms. The summed E-state index contributed by atoms with van der Waals surface area (Å²) in [6, 6.07) is -0.129. The molecule has 0 amide bonds. The van der Waals surface area contributed by atoms with E-state index in [9.17, 15) is 8.42 Å². The lowest BCUT2D eigenvalue weighted by Gasteiger charge is -2.33. The quantitative estimate of drug-likeness (QED) is 0.757. The molecular weight excluding hydrogens is 270 g/mol. The monoisotopic (exact) mass is 289 g/mol. The fourth-order valence-electron chi connectivity index (χ4n) is 2.17. The molecule has 8 nitrogen and oxygen atoms in total. The standard InChI is InChI=1S/C10H19N5O3S/c1-8-13-10(18-14-8)7-12-19(16,17)15-5-3-2-4-9(15)6-11/h9,12H,2-7,11H2,1H3. The van der Waals surface area contributed by atoms with Gasteiger partial charge in [-0.1, -0.05) is 11.6 Å². The highest BCUT2D eigenvalue weighted by molar-refractivity contribution is 7.87. The Kier molecular flexibility index (Phi) is 4.50. The Balaban J connectivity index is 2.00. The second-order valence-electron chi connectivity index (χ2n) is 4.56. The smallest absolute Gasteiger partial charge is 0.280 e. The first-order chi connectivity index (χ1) is 9.03. The van der Waals surface area contributed by atoms with Gasteiger partial charge in [0.25, 0.3) is 10.2 Å². The van der Waals surface area contributed by atoms with Gasteiger partial charge >= 0.3 is 0 Å². The van der Waals surface area contributed by atoms with Crippen molar-refractivity contribution in [2.45, 2.75) is 38.8 Å². The summed E-state index contributed by atoms with van der Waals surface area (Å²) in [6.07, 6.45) is 2.67. The summed E-state index contributed by atoms with van der Waals surface area (Å²) in [7, 11) is -3.56. The number of nitrogens with two attached hydrogens (primary N) is 1. The average Bonchev–Trinajstić information content (AvgIpc) is 2.82. The predicted octanol–water partition coefficient (Wildman–Crippen LogP) is -0.474. The minimum Gasteiger partial charge on any atom is -0.338 e. The van der Waals surface area contributed by atoms with Crippen LogP contribution in [0.1, 0.15) is 31.0 Å². The van der Waals surface area contributed by atoms with E-state index in [2.05, 4.69) is 14.9 Å². The third-order valence-corrected chi connectivity index (χ3v) is 4.74. The summed E-state index contributed by atoms with van der Waals surface area (Å²) in [5, 5.41) is 3.61. The molecule has 1 atom stereocenters. The third-order valence-electron chi connectivity index (χ3n) is 3.13. The van der Waals surface area contributed by atoms with Crippen molar-refractivity contribution in [2.24, 2.45) is 5.73 Å². The predicted molar refractivity (Wildman–Crippen MR) is 68.2 cm³/mol. The van der Waals surface area contributed by atoms with Crippen LogP contribution in [0, 0.1) is 6.92 Å². The molecule has 1 aromatic heterocycles. The Bertz CT molecular complexity index is 515. The molecule has 9 heteroatoms. The van der Waals surface area contributed by atoms with E-state index in [0.717, 1.165) is 19.3 Å². The van der Waals surface area contributed by atoms with Crippen LogP contribution in [0.15, 0.2) is 4.52 Å². The molecule has 1 aliphatic heterocycles. The van der Waals surface area contributed by atoms with Crippen molar-refractivity contribution in [3.8, 4) is 0 Å². The Morgan fingerprint density at radius 1 is 1.53 bits per heavy atom. The van der Waals surface area contributed by atoms with Crippen LogP contribution in [0.4, 0.5) is 0 Å². The number of piperidine rings is 1. The van der Waals surface area contributed by atoms with Crippen molar-refractivity contribution in [1.29, 1.82) is 0 Å². The third kappa shape index (κ3) is 3.50. The molecule has 0 saturated carbocycles. The second kappa shape index (κ2) is 5.95. The first kappa shape index (κ1) is 14.4. The van der Waals surface area contributed by atoms with Gasteiger partial charge in [-0.05, 0) is 19.8 Å². The van der Waals surface area contributed by atoms with E-state index < -0.39 is 10.2 Å². The lowest BCUT2D eigenvalue weighted by molar-refractivity contribution is 0.253. The van der Waals surface area contributed by atoms with Gasteiger partial charge in [-0.3, -0.25) is 0 Å². The molecule has 0 aliphatic carbocycles. The van der Waals surface area contributed by atoms with E-state index in [1.54, 1.807) is 6.92 Å². The largest absolute Gasteiger partial charge is 0.338 e. The van der Waals surface area contributed by atoms with Gasteiger partial charge < -0.3 is 10.3 Å². The molecule has 1 fully saturated rings. The zero-order valence-electron chi connectivity index (χ0n) is 10.9. The molecule has 1 aliphatic rings. The van der Waals surface area contributed by atoms with Crippen LogP contribution in [0.2, 0.25) is 0 Å². The van der Waals surface area contributed by atoms with E-state index in [4.69, 9.17) is 10.3 Å². The number of aryl methyl sites for hydroxylation is 1. The van der Waals surface area contributed by atoms with Crippen molar-refractivity contribution < 1.29 is 12.9 Å². The molecule has 0 spiro atoms. The van der Waals surface area contributed by atoms with E-state index in [-0.39, 0.29) is 18.5 Å². The molecule has 2 heterocycles. The summed E-state index contributed by atoms with van der Waals surface area (Å²) in [4.78, 5) is 3.95. The van der Waals surface area contributed by atoms with Gasteiger partial charge in [0.05, 0.1) is 6.54 Å². The molecular formula is C10H19N5O3S. The molecule has 0 radical (unpaired) electrons. The molecule has 0 aromatic carbocycles. The highest BCUT2D eigenvalue weighted by atomic mass is 32.2. The summed E-state index contributed by atoms with van der Waals surface area (Å²) in [6.45, 7) is 2.51. The fraction of sp³-hybridized carbons (Fsp3) is 0.800. The van der Waals surface area contributed by atoms with Crippen LogP contribution >= 0.6 is 0 Å². The molecule has 19 heavy (non-hydrogen) atoms. The van der Waals surface area contributed by atoms with Gasteiger partial charge in [-0.15, -0.1) is 0 Å². The molecule has 1 aromatic rings. The summed E-state index contributed by atoms with van der Waals surface area (Å²) in [5.41, 5.74) is 5.63. The maximum atomic E-state index is 12.2. The van der Waals surface area contributed by atoms with Gasteiger partial charge in [0, 0.05) is 19.1 Å². The first-order valence-electron chi connectivity index (χ1n) is 6.28. The van der Waals surface area contributed by atoms with E-state index in [0.29, 0.717) is 18.9 Å². The molecule has 2 rings (SSSR count). The van der Waals surface area contributed by atoms with Gasteiger partial charge in [0.2, 0.25) is 5.89 Å². The first-order valence-corrected chi connectivity index (χ1v) is 7.72. The number of aromatic nitrogens is 2. The average molecular weight is 289 g/mol. The van der Waals surface area contributed by atoms with E-state index >= 15 is 0 Å². The van der Waals surface area contributed by atoms with Crippen molar-refractivity contribution in [3.63, 3.8) is 0 Å². The van der Waals surface area contributed by atoms with Crippen molar-refractivity contribution >= 4 is 10.2 Å². The normalized spacial score (nSPS) is 21.7. The Hall–Kier alpha value is -1.03. The van der Waals surface area contributed by atoms with Crippen molar-refractivity contribution in [1.82, 2.24) is 19.2 Å². The maximum absolute atomic E-state index is 12.2. The van der Waals surface area contributed by atoms with E-state index in [1.807, 2.05) is 0 Å². The zero-order valence-corrected chi connectivity index (χ0v) is 11.7. The van der Waals surface area contributed by atoms with Gasteiger partial charge in [-0.2, -0.15) is 22.4 Å². The summed E-state index contributed by atoms with van der Waals surface area (Å²) >= 11 is 0. The van der Waals surface area contributed by atoms with Crippen molar-refractivity contribution in [2.75, 3.05) is 13.1 Å². The Morgan fingerprint density at radius 2 is 2.32 bits per heavy atom. The van der Waals surface area contributed by atoms with Crippen molar-refractivity contribution in [3.05, 3.63) is 11.7 Å². The van der Waals surface area contributed by atoms with E-state index in [1.165, 1.54) is 4.31 Å². The fourth-order valence-corrected chi connectivity index (χ4v) is 3.60. The molecule has 1 unspecified atom stereocenters. The van der Waals surface area contributed by atoms with Gasteiger partial charge in [-0.25, -0.2) is 0 Å². The van der Waals surface area contributed by atoms with Crippen LogP contribution in [0.3, 0.4) is 0 Å². The van der Waals surface area contributed by atoms with Gasteiger partial charge in [0.1, 0.15) is 0 Å². The number of hydrogen-bond donors (Lipinski definition) is 2. The summed E-state index contributed by atoms with van der Waals surface area (Å²) in [5.74, 6) is 0.731. The van der Waals surface area contributed by atoms with Crippen LogP contribution in [-0.4, -0.2) is 42.0 Å². The van der Waals surface area contributed by atoms with Crippen LogP contribution in [0.25, 0.3) is 0 Å². The van der Waals surface area contributed by atoms with Gasteiger partial charge in [0.15, 0.2) is 5.82 Å². The Labute approximate surface area is 112 Å². The lowest BCUT2D eigenvalue weighted by atomic mass is 10.1. The minimum atomic E-state index is -3.56.